The van der Waals surface area contributed by atoms with E-state index in [0.29, 0.717) is 5.92 Å². The smallest absolute Gasteiger partial charge is 0.310 e. The summed E-state index contributed by atoms with van der Waals surface area (Å²) in [6, 6.07) is 7.56. The molecule has 0 bridgehead atoms. The van der Waals surface area contributed by atoms with Crippen molar-refractivity contribution < 1.29 is 9.90 Å². The fourth-order valence-corrected chi connectivity index (χ4v) is 3.64. The molecule has 5 heteroatoms. The molecule has 4 nitrogen and oxygen atoms in total. The lowest BCUT2D eigenvalue weighted by Gasteiger charge is -2.13. The lowest BCUT2D eigenvalue weighted by atomic mass is 9.93. The van der Waals surface area contributed by atoms with Crippen molar-refractivity contribution in [2.75, 3.05) is 11.5 Å². The molecule has 3 unspecified atom stereocenters. The van der Waals surface area contributed by atoms with Crippen molar-refractivity contribution in [2.24, 2.45) is 11.1 Å². The first kappa shape index (κ1) is 14.1. The van der Waals surface area contributed by atoms with Crippen LogP contribution in [-0.2, 0) is 11.2 Å². The van der Waals surface area contributed by atoms with E-state index < -0.39 is 11.9 Å². The number of benzene rings is 1. The van der Waals surface area contributed by atoms with Gasteiger partial charge in [0.1, 0.15) is 6.04 Å². The summed E-state index contributed by atoms with van der Waals surface area (Å²) in [5, 5.41) is 12.1. The largest absolute Gasteiger partial charge is 0.481 e. The average molecular weight is 279 g/mol. The molecule has 3 atom stereocenters. The molecule has 1 heterocycles. The van der Waals surface area contributed by atoms with Crippen LogP contribution in [0.3, 0.4) is 0 Å². The van der Waals surface area contributed by atoms with Crippen molar-refractivity contribution in [2.45, 2.75) is 25.3 Å². The lowest BCUT2D eigenvalue weighted by Crippen LogP contribution is -2.18. The van der Waals surface area contributed by atoms with Crippen molar-refractivity contribution in [3.05, 3.63) is 40.3 Å². The van der Waals surface area contributed by atoms with Gasteiger partial charge >= 0.3 is 5.97 Å². The Morgan fingerprint density at radius 2 is 2.11 bits per heavy atom. The van der Waals surface area contributed by atoms with Gasteiger partial charge in [0, 0.05) is 5.75 Å². The second-order valence-electron chi connectivity index (χ2n) is 4.98. The molecule has 2 rings (SSSR count). The third kappa shape index (κ3) is 3.35. The van der Waals surface area contributed by atoms with E-state index in [2.05, 4.69) is 5.18 Å². The van der Waals surface area contributed by atoms with Crippen LogP contribution in [0.1, 0.15) is 24.0 Å². The summed E-state index contributed by atoms with van der Waals surface area (Å²) in [6.45, 7) is 1.68. The zero-order valence-electron chi connectivity index (χ0n) is 10.8. The third-order valence-electron chi connectivity index (χ3n) is 3.65. The lowest BCUT2D eigenvalue weighted by molar-refractivity contribution is -0.138. The average Bonchev–Trinajstić information content (AvgIpc) is 2.86. The van der Waals surface area contributed by atoms with E-state index in [9.17, 15) is 9.70 Å². The topological polar surface area (TPSA) is 66.7 Å². The predicted molar refractivity (Wildman–Crippen MR) is 76.6 cm³/mol. The number of hydrogen-bond acceptors (Lipinski definition) is 4. The minimum absolute atomic E-state index is 0.0809. The van der Waals surface area contributed by atoms with Crippen molar-refractivity contribution in [3.8, 4) is 0 Å². The summed E-state index contributed by atoms with van der Waals surface area (Å²) in [5.41, 5.74) is 1.95. The molecule has 0 aliphatic carbocycles. The van der Waals surface area contributed by atoms with Gasteiger partial charge < -0.3 is 5.11 Å². The molecule has 1 fully saturated rings. The highest BCUT2D eigenvalue weighted by molar-refractivity contribution is 7.99. The first-order valence-electron chi connectivity index (χ1n) is 6.33. The zero-order chi connectivity index (χ0) is 13.8. The Labute approximate surface area is 116 Å². The number of hydrogen-bond donors (Lipinski definition) is 1. The van der Waals surface area contributed by atoms with Crippen molar-refractivity contribution in [3.63, 3.8) is 0 Å². The molecular formula is C14H17NO3S. The summed E-state index contributed by atoms with van der Waals surface area (Å²) >= 11 is 1.77. The van der Waals surface area contributed by atoms with E-state index in [0.717, 1.165) is 29.1 Å². The van der Waals surface area contributed by atoms with Gasteiger partial charge in [-0.15, -0.1) is 0 Å². The normalized spacial score (nSPS) is 24.1. The van der Waals surface area contributed by atoms with E-state index in [4.69, 9.17) is 5.11 Å². The number of nitrogens with zero attached hydrogens (tertiary/aromatic N) is 1. The number of rotatable bonds is 5. The molecule has 1 aromatic carbocycles. The Hall–Kier alpha value is -1.36. The first-order valence-corrected chi connectivity index (χ1v) is 7.49. The van der Waals surface area contributed by atoms with E-state index in [1.165, 1.54) is 0 Å². The van der Waals surface area contributed by atoms with Gasteiger partial charge in [0.15, 0.2) is 0 Å². The number of carboxylic acids is 1. The van der Waals surface area contributed by atoms with Gasteiger partial charge in [-0.1, -0.05) is 29.4 Å². The number of thioether (sulfide) groups is 1. The van der Waals surface area contributed by atoms with Gasteiger partial charge in [-0.3, -0.25) is 4.79 Å². The van der Waals surface area contributed by atoms with Crippen molar-refractivity contribution in [1.82, 2.24) is 0 Å². The van der Waals surface area contributed by atoms with Crippen LogP contribution in [0, 0.1) is 10.8 Å². The van der Waals surface area contributed by atoms with Gasteiger partial charge in [0.2, 0.25) is 0 Å². The van der Waals surface area contributed by atoms with E-state index >= 15 is 0 Å². The molecule has 0 radical (unpaired) electrons. The van der Waals surface area contributed by atoms with E-state index in [1.807, 2.05) is 24.3 Å². The highest BCUT2D eigenvalue weighted by Crippen LogP contribution is 2.29. The zero-order valence-corrected chi connectivity index (χ0v) is 11.6. The first-order chi connectivity index (χ1) is 9.11. The molecule has 1 aromatic rings. The molecule has 1 aliphatic heterocycles. The van der Waals surface area contributed by atoms with Crippen LogP contribution >= 0.6 is 11.8 Å². The second kappa shape index (κ2) is 6.19. The van der Waals surface area contributed by atoms with E-state index in [1.54, 1.807) is 18.7 Å². The molecular weight excluding hydrogens is 262 g/mol. The standard InChI is InChI=1S/C14H17NO3S/c1-9(14(16)17)11-4-2-10(3-5-11)6-12-7-19-8-13(12)15-18/h2-5,9,12-13H,6-8H2,1H3,(H,16,17). The SMILES string of the molecule is CC(C(=O)O)c1ccc(CC2CSCC2N=O)cc1. The Bertz CT molecular complexity index is 460. The summed E-state index contributed by atoms with van der Waals surface area (Å²) in [4.78, 5) is 21.6. The van der Waals surface area contributed by atoms with Crippen LogP contribution in [0.25, 0.3) is 0 Å². The van der Waals surface area contributed by atoms with Gasteiger partial charge in [0.25, 0.3) is 0 Å². The fourth-order valence-electron chi connectivity index (χ4n) is 2.29. The summed E-state index contributed by atoms with van der Waals surface area (Å²) in [5.74, 6) is 0.808. The highest BCUT2D eigenvalue weighted by atomic mass is 32.2. The van der Waals surface area contributed by atoms with Crippen LogP contribution in [0.2, 0.25) is 0 Å². The number of nitroso groups, excluding NO2 is 1. The Morgan fingerprint density at radius 1 is 1.42 bits per heavy atom. The quantitative estimate of drug-likeness (QED) is 0.842. The van der Waals surface area contributed by atoms with Gasteiger partial charge in [-0.2, -0.15) is 16.7 Å². The molecule has 0 aromatic heterocycles. The molecule has 0 saturated carbocycles. The van der Waals surface area contributed by atoms with Crippen molar-refractivity contribution >= 4 is 17.7 Å². The maximum absolute atomic E-state index is 10.9. The molecule has 1 aliphatic rings. The maximum Gasteiger partial charge on any atom is 0.310 e. The summed E-state index contributed by atoms with van der Waals surface area (Å²) in [7, 11) is 0. The molecule has 19 heavy (non-hydrogen) atoms. The highest BCUT2D eigenvalue weighted by Gasteiger charge is 2.28. The molecule has 0 spiro atoms. The Balaban J connectivity index is 2.02. The molecule has 0 amide bonds. The molecule has 1 saturated heterocycles. The van der Waals surface area contributed by atoms with Gasteiger partial charge in [-0.25, -0.2) is 0 Å². The summed E-state index contributed by atoms with van der Waals surface area (Å²) in [6.07, 6.45) is 0.838. The second-order valence-corrected chi connectivity index (χ2v) is 6.05. The number of carbonyl (C=O) groups is 1. The van der Waals surface area contributed by atoms with Crippen LogP contribution < -0.4 is 0 Å². The maximum atomic E-state index is 10.9. The van der Waals surface area contributed by atoms with Crippen LogP contribution in [0.4, 0.5) is 0 Å². The molecule has 102 valence electrons. The number of aliphatic carboxylic acids is 1. The van der Waals surface area contributed by atoms with E-state index in [-0.39, 0.29) is 6.04 Å². The van der Waals surface area contributed by atoms with Gasteiger partial charge in [0.05, 0.1) is 5.92 Å². The summed E-state index contributed by atoms with van der Waals surface area (Å²) < 4.78 is 0. The fraction of sp³-hybridized carbons (Fsp3) is 0.500. The third-order valence-corrected chi connectivity index (χ3v) is 4.89. The van der Waals surface area contributed by atoms with Gasteiger partial charge in [-0.05, 0) is 36.1 Å². The Morgan fingerprint density at radius 3 is 2.68 bits per heavy atom. The Kier molecular flexibility index (Phi) is 4.58. The molecule has 1 N–H and O–H groups in total. The van der Waals surface area contributed by atoms with Crippen LogP contribution in [0.15, 0.2) is 29.4 Å². The minimum atomic E-state index is -0.815. The number of carboxylic acid groups (broad SMARTS) is 1. The van der Waals surface area contributed by atoms with Crippen molar-refractivity contribution in [1.29, 1.82) is 0 Å². The minimum Gasteiger partial charge on any atom is -0.481 e. The van der Waals surface area contributed by atoms with Crippen LogP contribution in [0.5, 0.6) is 0 Å². The van der Waals surface area contributed by atoms with Crippen LogP contribution in [-0.4, -0.2) is 28.6 Å². The monoisotopic (exact) mass is 279 g/mol. The predicted octanol–water partition coefficient (Wildman–Crippen LogP) is 2.92.